The third-order valence-electron chi connectivity index (χ3n) is 3.62. The van der Waals surface area contributed by atoms with Crippen molar-refractivity contribution in [3.8, 4) is 0 Å². The van der Waals surface area contributed by atoms with Gasteiger partial charge in [-0.2, -0.15) is 0 Å². The van der Waals surface area contributed by atoms with E-state index < -0.39 is 12.0 Å². The van der Waals surface area contributed by atoms with Gasteiger partial charge in [0.1, 0.15) is 6.04 Å². The van der Waals surface area contributed by atoms with Crippen LogP contribution in [0.5, 0.6) is 0 Å². The molecule has 0 aromatic heterocycles. The average Bonchev–Trinajstić information content (AvgIpc) is 2.59. The van der Waals surface area contributed by atoms with E-state index in [1.807, 2.05) is 0 Å². The fraction of sp³-hybridized carbons (Fsp3) is 0.833. The van der Waals surface area contributed by atoms with E-state index in [1.54, 1.807) is 16.7 Å². The molecule has 1 aliphatic carbocycles. The Morgan fingerprint density at radius 3 is 2.59 bits per heavy atom. The van der Waals surface area contributed by atoms with Crippen molar-refractivity contribution in [3.63, 3.8) is 0 Å². The molecule has 2 fully saturated rings. The Morgan fingerprint density at radius 2 is 2.12 bits per heavy atom. The van der Waals surface area contributed by atoms with Crippen LogP contribution in [-0.2, 0) is 9.59 Å². The summed E-state index contributed by atoms with van der Waals surface area (Å²) >= 11 is 1.62. The number of carboxylic acids is 1. The smallest absolute Gasteiger partial charge is 0.327 e. The summed E-state index contributed by atoms with van der Waals surface area (Å²) in [5.41, 5.74) is 0. The number of hydrogen-bond acceptors (Lipinski definition) is 3. The van der Waals surface area contributed by atoms with Crippen LogP contribution >= 0.6 is 11.8 Å². The predicted octanol–water partition coefficient (Wildman–Crippen LogP) is 1.94. The van der Waals surface area contributed by atoms with Crippen LogP contribution in [0.3, 0.4) is 0 Å². The lowest BCUT2D eigenvalue weighted by Crippen LogP contribution is -2.49. The second-order valence-electron chi connectivity index (χ2n) is 4.80. The summed E-state index contributed by atoms with van der Waals surface area (Å²) in [6.07, 6.45) is 4.86. The summed E-state index contributed by atoms with van der Waals surface area (Å²) in [7, 11) is 0. The molecule has 0 aromatic carbocycles. The third kappa shape index (κ3) is 2.44. The maximum atomic E-state index is 12.3. The molecule has 0 radical (unpaired) electrons. The van der Waals surface area contributed by atoms with Crippen LogP contribution in [0.1, 0.15) is 39.0 Å². The van der Waals surface area contributed by atoms with E-state index in [0.717, 1.165) is 32.1 Å². The maximum Gasteiger partial charge on any atom is 0.327 e. The number of hydrogen-bond donors (Lipinski definition) is 1. The highest BCUT2D eigenvalue weighted by atomic mass is 32.2. The zero-order valence-corrected chi connectivity index (χ0v) is 10.9. The molecule has 0 aromatic rings. The highest BCUT2D eigenvalue weighted by molar-refractivity contribution is 8.00. The average molecular weight is 257 g/mol. The van der Waals surface area contributed by atoms with Crippen LogP contribution in [0.2, 0.25) is 0 Å². The van der Waals surface area contributed by atoms with Crippen LogP contribution in [0.4, 0.5) is 0 Å². The number of rotatable bonds is 4. The lowest BCUT2D eigenvalue weighted by molar-refractivity contribution is -0.152. The number of carbonyl (C=O) groups is 2. The Labute approximate surface area is 106 Å². The molecule has 2 atom stereocenters. The molecule has 0 spiro atoms. The van der Waals surface area contributed by atoms with Gasteiger partial charge < -0.3 is 10.0 Å². The zero-order chi connectivity index (χ0) is 12.4. The van der Waals surface area contributed by atoms with E-state index in [0.29, 0.717) is 5.75 Å². The quantitative estimate of drug-likeness (QED) is 0.836. The molecule has 5 heteroatoms. The van der Waals surface area contributed by atoms with Crippen LogP contribution in [0.25, 0.3) is 0 Å². The van der Waals surface area contributed by atoms with Gasteiger partial charge in [-0.1, -0.05) is 19.8 Å². The molecule has 0 bridgehead atoms. The Hall–Kier alpha value is -0.710. The minimum absolute atomic E-state index is 0.0760. The minimum Gasteiger partial charge on any atom is -0.480 e. The van der Waals surface area contributed by atoms with Crippen molar-refractivity contribution in [1.29, 1.82) is 0 Å². The zero-order valence-electron chi connectivity index (χ0n) is 10.1. The standard InChI is InChI=1S/C12H19NO3S/c1-2-4-10-13(9(7-17-10)12(15)16)11(14)8-5-3-6-8/h8-10H,2-7H2,1H3,(H,15,16). The first kappa shape index (κ1) is 12.7. The second-order valence-corrected chi connectivity index (χ2v) is 6.01. The van der Waals surface area contributed by atoms with Crippen molar-refractivity contribution in [3.05, 3.63) is 0 Å². The SMILES string of the molecule is CCCC1SCC(C(=O)O)N1C(=O)C1CCC1. The van der Waals surface area contributed by atoms with Gasteiger partial charge in [-0.3, -0.25) is 4.79 Å². The third-order valence-corrected chi connectivity index (χ3v) is 4.98. The summed E-state index contributed by atoms with van der Waals surface area (Å²) in [4.78, 5) is 25.1. The summed E-state index contributed by atoms with van der Waals surface area (Å²) in [5, 5.41) is 9.26. The van der Waals surface area contributed by atoms with Crippen LogP contribution in [-0.4, -0.2) is 39.1 Å². The molecule has 2 rings (SSSR count). The van der Waals surface area contributed by atoms with Gasteiger partial charge in [0.2, 0.25) is 5.91 Å². The van der Waals surface area contributed by atoms with Crippen molar-refractivity contribution in [1.82, 2.24) is 4.90 Å². The van der Waals surface area contributed by atoms with Gasteiger partial charge in [0, 0.05) is 11.7 Å². The van der Waals surface area contributed by atoms with Crippen LogP contribution in [0, 0.1) is 5.92 Å². The van der Waals surface area contributed by atoms with Gasteiger partial charge in [0.25, 0.3) is 0 Å². The van der Waals surface area contributed by atoms with Gasteiger partial charge in [-0.05, 0) is 19.3 Å². The molecule has 2 unspecified atom stereocenters. The summed E-state index contributed by atoms with van der Waals surface area (Å²) in [6.45, 7) is 2.07. The molecule has 1 N–H and O–H groups in total. The number of carboxylic acid groups (broad SMARTS) is 1. The largest absolute Gasteiger partial charge is 0.480 e. The number of thioether (sulfide) groups is 1. The van der Waals surface area contributed by atoms with E-state index in [1.165, 1.54) is 0 Å². The number of aliphatic carboxylic acids is 1. The predicted molar refractivity (Wildman–Crippen MR) is 66.8 cm³/mol. The first-order valence-corrected chi connectivity index (χ1v) is 7.36. The Kier molecular flexibility index (Phi) is 3.97. The molecule has 4 nitrogen and oxygen atoms in total. The van der Waals surface area contributed by atoms with Crippen LogP contribution < -0.4 is 0 Å². The topological polar surface area (TPSA) is 57.6 Å². The second kappa shape index (κ2) is 5.29. The highest BCUT2D eigenvalue weighted by Gasteiger charge is 2.44. The molecule has 17 heavy (non-hydrogen) atoms. The molecular formula is C12H19NO3S. The van der Waals surface area contributed by atoms with Crippen molar-refractivity contribution < 1.29 is 14.7 Å². The molecule has 1 saturated heterocycles. The van der Waals surface area contributed by atoms with Crippen molar-refractivity contribution in [2.24, 2.45) is 5.92 Å². The van der Waals surface area contributed by atoms with Crippen molar-refractivity contribution in [2.75, 3.05) is 5.75 Å². The fourth-order valence-electron chi connectivity index (χ4n) is 2.38. The normalized spacial score (nSPS) is 29.1. The number of amides is 1. The Morgan fingerprint density at radius 1 is 1.41 bits per heavy atom. The van der Waals surface area contributed by atoms with E-state index >= 15 is 0 Å². The van der Waals surface area contributed by atoms with Gasteiger partial charge in [-0.25, -0.2) is 4.79 Å². The Bertz CT molecular complexity index is 317. The lowest BCUT2D eigenvalue weighted by Gasteiger charge is -2.34. The van der Waals surface area contributed by atoms with Gasteiger partial charge in [0.15, 0.2) is 0 Å². The molecule has 1 heterocycles. The van der Waals surface area contributed by atoms with Crippen molar-refractivity contribution >= 4 is 23.6 Å². The summed E-state index contributed by atoms with van der Waals surface area (Å²) in [5.74, 6) is -0.149. The van der Waals surface area contributed by atoms with Gasteiger partial charge in [-0.15, -0.1) is 11.8 Å². The van der Waals surface area contributed by atoms with Gasteiger partial charge >= 0.3 is 5.97 Å². The first-order chi connectivity index (χ1) is 8.15. The van der Waals surface area contributed by atoms with Crippen LogP contribution in [0.15, 0.2) is 0 Å². The van der Waals surface area contributed by atoms with E-state index in [9.17, 15) is 14.7 Å². The molecule has 1 aliphatic heterocycles. The van der Waals surface area contributed by atoms with Crippen molar-refractivity contribution in [2.45, 2.75) is 50.4 Å². The first-order valence-electron chi connectivity index (χ1n) is 6.31. The van der Waals surface area contributed by atoms with E-state index in [2.05, 4.69) is 6.92 Å². The minimum atomic E-state index is -0.858. The molecule has 1 saturated carbocycles. The highest BCUT2D eigenvalue weighted by Crippen LogP contribution is 2.37. The number of nitrogens with zero attached hydrogens (tertiary/aromatic N) is 1. The molecular weight excluding hydrogens is 238 g/mol. The molecule has 96 valence electrons. The van der Waals surface area contributed by atoms with E-state index in [4.69, 9.17) is 0 Å². The molecule has 1 amide bonds. The monoisotopic (exact) mass is 257 g/mol. The van der Waals surface area contributed by atoms with Gasteiger partial charge in [0.05, 0.1) is 5.37 Å². The maximum absolute atomic E-state index is 12.3. The molecule has 2 aliphatic rings. The number of carbonyl (C=O) groups excluding carboxylic acids is 1. The van der Waals surface area contributed by atoms with E-state index in [-0.39, 0.29) is 17.2 Å². The lowest BCUT2D eigenvalue weighted by atomic mass is 9.84. The summed E-state index contributed by atoms with van der Waals surface area (Å²) in [6, 6.07) is -0.607. The fourth-order valence-corrected chi connectivity index (χ4v) is 3.91. The summed E-state index contributed by atoms with van der Waals surface area (Å²) < 4.78 is 0. The Balaban J connectivity index is 2.10.